The third-order valence-corrected chi connectivity index (χ3v) is 2.77. The Hall–Kier alpha value is -1.22. The maximum atomic E-state index is 6.14. The first-order valence-electron chi connectivity index (χ1n) is 4.82. The molecular weight excluding hydrogens is 178 g/mol. The lowest BCUT2D eigenvalue weighted by atomic mass is 9.90. The van der Waals surface area contributed by atoms with Crippen molar-refractivity contribution in [1.82, 2.24) is 0 Å². The van der Waals surface area contributed by atoms with Crippen molar-refractivity contribution in [3.63, 3.8) is 0 Å². The molecule has 76 valence electrons. The lowest BCUT2D eigenvalue weighted by Crippen LogP contribution is -2.31. The predicted octanol–water partition coefficient (Wildman–Crippen LogP) is 2.00. The highest BCUT2D eigenvalue weighted by Crippen LogP contribution is 2.35. The summed E-state index contributed by atoms with van der Waals surface area (Å²) in [6.45, 7) is 4.40. The highest BCUT2D eigenvalue weighted by Gasteiger charge is 2.22. The van der Waals surface area contributed by atoms with Crippen LogP contribution >= 0.6 is 0 Å². The SMILES string of the molecule is CC[C@@](C)(N)c1ccc2c(c1)OCO2. The van der Waals surface area contributed by atoms with Gasteiger partial charge >= 0.3 is 0 Å². The number of hydrogen-bond acceptors (Lipinski definition) is 3. The Bertz CT molecular complexity index is 347. The number of benzene rings is 1. The van der Waals surface area contributed by atoms with Crippen molar-refractivity contribution in [2.45, 2.75) is 25.8 Å². The molecule has 0 saturated heterocycles. The molecule has 0 radical (unpaired) electrons. The van der Waals surface area contributed by atoms with E-state index in [1.165, 1.54) is 0 Å². The van der Waals surface area contributed by atoms with Crippen LogP contribution in [-0.4, -0.2) is 6.79 Å². The van der Waals surface area contributed by atoms with Crippen LogP contribution in [0.4, 0.5) is 0 Å². The first-order valence-corrected chi connectivity index (χ1v) is 4.82. The zero-order chi connectivity index (χ0) is 10.2. The number of ether oxygens (including phenoxy) is 2. The van der Waals surface area contributed by atoms with Gasteiger partial charge in [0.15, 0.2) is 11.5 Å². The summed E-state index contributed by atoms with van der Waals surface area (Å²) >= 11 is 0. The average molecular weight is 193 g/mol. The molecular formula is C11H15NO2. The minimum absolute atomic E-state index is 0.291. The quantitative estimate of drug-likeness (QED) is 0.781. The summed E-state index contributed by atoms with van der Waals surface area (Å²) in [5, 5.41) is 0. The van der Waals surface area contributed by atoms with Gasteiger partial charge in [0.25, 0.3) is 0 Å². The summed E-state index contributed by atoms with van der Waals surface area (Å²) in [4.78, 5) is 0. The molecule has 1 heterocycles. The van der Waals surface area contributed by atoms with E-state index in [-0.39, 0.29) is 5.54 Å². The molecule has 0 aliphatic carbocycles. The minimum Gasteiger partial charge on any atom is -0.454 e. The Balaban J connectivity index is 2.38. The third kappa shape index (κ3) is 1.44. The zero-order valence-corrected chi connectivity index (χ0v) is 8.54. The Kier molecular flexibility index (Phi) is 2.11. The van der Waals surface area contributed by atoms with Crippen LogP contribution < -0.4 is 15.2 Å². The van der Waals surface area contributed by atoms with Gasteiger partial charge in [0, 0.05) is 5.54 Å². The van der Waals surface area contributed by atoms with Crippen LogP contribution in [0.25, 0.3) is 0 Å². The van der Waals surface area contributed by atoms with Gasteiger partial charge < -0.3 is 15.2 Å². The number of nitrogens with two attached hydrogens (primary N) is 1. The maximum absolute atomic E-state index is 6.14. The lowest BCUT2D eigenvalue weighted by Gasteiger charge is -2.23. The lowest BCUT2D eigenvalue weighted by molar-refractivity contribution is 0.174. The van der Waals surface area contributed by atoms with Gasteiger partial charge in [-0.1, -0.05) is 13.0 Å². The second-order valence-corrected chi connectivity index (χ2v) is 3.84. The topological polar surface area (TPSA) is 44.5 Å². The summed E-state index contributed by atoms with van der Waals surface area (Å²) in [7, 11) is 0. The number of rotatable bonds is 2. The van der Waals surface area contributed by atoms with Crippen LogP contribution in [0.2, 0.25) is 0 Å². The van der Waals surface area contributed by atoms with E-state index in [0.717, 1.165) is 23.5 Å². The van der Waals surface area contributed by atoms with Gasteiger partial charge in [-0.2, -0.15) is 0 Å². The smallest absolute Gasteiger partial charge is 0.231 e. The van der Waals surface area contributed by atoms with Gasteiger partial charge in [-0.05, 0) is 31.0 Å². The second-order valence-electron chi connectivity index (χ2n) is 3.84. The molecule has 1 atom stereocenters. The van der Waals surface area contributed by atoms with Crippen molar-refractivity contribution in [3.8, 4) is 11.5 Å². The van der Waals surface area contributed by atoms with Gasteiger partial charge in [0.2, 0.25) is 6.79 Å². The summed E-state index contributed by atoms with van der Waals surface area (Å²) in [5.74, 6) is 1.60. The fraction of sp³-hybridized carbons (Fsp3) is 0.455. The zero-order valence-electron chi connectivity index (χ0n) is 8.54. The first kappa shape index (κ1) is 9.34. The number of hydrogen-bond donors (Lipinski definition) is 1. The molecule has 1 aliphatic rings. The molecule has 0 spiro atoms. The van der Waals surface area contributed by atoms with Gasteiger partial charge in [-0.3, -0.25) is 0 Å². The fourth-order valence-corrected chi connectivity index (χ4v) is 1.46. The number of fused-ring (bicyclic) bond motifs is 1. The van der Waals surface area contributed by atoms with Gasteiger partial charge in [0.1, 0.15) is 0 Å². The van der Waals surface area contributed by atoms with Crippen LogP contribution in [-0.2, 0) is 5.54 Å². The van der Waals surface area contributed by atoms with Crippen molar-refractivity contribution < 1.29 is 9.47 Å². The maximum Gasteiger partial charge on any atom is 0.231 e. The molecule has 3 nitrogen and oxygen atoms in total. The van der Waals surface area contributed by atoms with Crippen LogP contribution in [0.15, 0.2) is 18.2 Å². The molecule has 0 unspecified atom stereocenters. The Morgan fingerprint density at radius 1 is 1.36 bits per heavy atom. The van der Waals surface area contributed by atoms with E-state index >= 15 is 0 Å². The monoisotopic (exact) mass is 193 g/mol. The van der Waals surface area contributed by atoms with Gasteiger partial charge in [0.05, 0.1) is 0 Å². The average Bonchev–Trinajstić information content (AvgIpc) is 2.64. The standard InChI is InChI=1S/C11H15NO2/c1-3-11(2,12)8-4-5-9-10(6-8)14-7-13-9/h4-6H,3,7,12H2,1-2H3/t11-/m1/s1. The van der Waals surface area contributed by atoms with E-state index in [2.05, 4.69) is 6.92 Å². The minimum atomic E-state index is -0.291. The van der Waals surface area contributed by atoms with Crippen molar-refractivity contribution in [1.29, 1.82) is 0 Å². The molecule has 0 saturated carbocycles. The molecule has 0 bridgehead atoms. The molecule has 0 fully saturated rings. The normalized spacial score (nSPS) is 17.9. The fourth-order valence-electron chi connectivity index (χ4n) is 1.46. The van der Waals surface area contributed by atoms with Crippen LogP contribution in [0.1, 0.15) is 25.8 Å². The second kappa shape index (κ2) is 3.17. The molecule has 3 heteroatoms. The van der Waals surface area contributed by atoms with E-state index in [4.69, 9.17) is 15.2 Å². The Labute approximate surface area is 83.8 Å². The summed E-state index contributed by atoms with van der Waals surface area (Å²) in [6.07, 6.45) is 0.895. The summed E-state index contributed by atoms with van der Waals surface area (Å²) in [5.41, 5.74) is 6.93. The highest BCUT2D eigenvalue weighted by molar-refractivity contribution is 5.46. The van der Waals surface area contributed by atoms with Crippen LogP contribution in [0.5, 0.6) is 11.5 Å². The van der Waals surface area contributed by atoms with Crippen molar-refractivity contribution >= 4 is 0 Å². The molecule has 1 aromatic carbocycles. The van der Waals surface area contributed by atoms with Crippen LogP contribution in [0, 0.1) is 0 Å². The molecule has 1 aliphatic heterocycles. The third-order valence-electron chi connectivity index (χ3n) is 2.77. The molecule has 2 rings (SSSR count). The molecule has 0 aromatic heterocycles. The van der Waals surface area contributed by atoms with E-state index in [0.29, 0.717) is 6.79 Å². The molecule has 14 heavy (non-hydrogen) atoms. The van der Waals surface area contributed by atoms with Crippen molar-refractivity contribution in [3.05, 3.63) is 23.8 Å². The summed E-state index contributed by atoms with van der Waals surface area (Å²) in [6, 6.07) is 5.88. The van der Waals surface area contributed by atoms with Crippen LogP contribution in [0.3, 0.4) is 0 Å². The largest absolute Gasteiger partial charge is 0.454 e. The van der Waals surface area contributed by atoms with Crippen molar-refractivity contribution in [2.75, 3.05) is 6.79 Å². The predicted molar refractivity (Wildman–Crippen MR) is 54.4 cm³/mol. The first-order chi connectivity index (χ1) is 6.63. The Morgan fingerprint density at radius 2 is 2.07 bits per heavy atom. The van der Waals surface area contributed by atoms with E-state index in [1.54, 1.807) is 0 Å². The highest BCUT2D eigenvalue weighted by atomic mass is 16.7. The molecule has 0 amide bonds. The van der Waals surface area contributed by atoms with E-state index in [9.17, 15) is 0 Å². The van der Waals surface area contributed by atoms with Gasteiger partial charge in [-0.15, -0.1) is 0 Å². The molecule has 1 aromatic rings. The Morgan fingerprint density at radius 3 is 2.79 bits per heavy atom. The van der Waals surface area contributed by atoms with E-state index in [1.807, 2.05) is 25.1 Å². The van der Waals surface area contributed by atoms with E-state index < -0.39 is 0 Å². The van der Waals surface area contributed by atoms with Crippen molar-refractivity contribution in [2.24, 2.45) is 5.73 Å². The molecule has 2 N–H and O–H groups in total. The summed E-state index contributed by atoms with van der Waals surface area (Å²) < 4.78 is 10.5. The van der Waals surface area contributed by atoms with Gasteiger partial charge in [-0.25, -0.2) is 0 Å².